The van der Waals surface area contributed by atoms with Crippen LogP contribution >= 0.6 is 22.9 Å². The van der Waals surface area contributed by atoms with Gasteiger partial charge >= 0.3 is 0 Å². The van der Waals surface area contributed by atoms with E-state index in [1.165, 1.54) is 16.2 Å². The highest BCUT2D eigenvalue weighted by molar-refractivity contribution is 7.19. The highest BCUT2D eigenvalue weighted by Gasteiger charge is 2.38. The van der Waals surface area contributed by atoms with Gasteiger partial charge in [-0.2, -0.15) is 5.26 Å². The summed E-state index contributed by atoms with van der Waals surface area (Å²) >= 11 is 7.92. The number of nitriles is 1. The fraction of sp³-hybridized carbons (Fsp3) is 0.333. The first-order valence-corrected chi connectivity index (χ1v) is 11.8. The second kappa shape index (κ2) is 8.41. The van der Waals surface area contributed by atoms with Crippen LogP contribution in [0, 0.1) is 23.7 Å². The van der Waals surface area contributed by atoms with Crippen molar-refractivity contribution in [3.05, 3.63) is 45.9 Å². The molecule has 2 aliphatic heterocycles. The Hall–Kier alpha value is -2.99. The van der Waals surface area contributed by atoms with E-state index in [4.69, 9.17) is 16.3 Å². The van der Waals surface area contributed by atoms with Gasteiger partial charge in [-0.3, -0.25) is 19.5 Å². The molecule has 2 fully saturated rings. The Labute approximate surface area is 199 Å². The highest BCUT2D eigenvalue weighted by atomic mass is 35.5. The average Bonchev–Trinajstić information content (AvgIpc) is 3.32. The zero-order valence-corrected chi connectivity index (χ0v) is 19.6. The third-order valence-corrected chi connectivity index (χ3v) is 7.48. The van der Waals surface area contributed by atoms with Crippen LogP contribution in [0.4, 0.5) is 0 Å². The van der Waals surface area contributed by atoms with Crippen LogP contribution in [-0.2, 0) is 16.1 Å². The Morgan fingerprint density at radius 2 is 2.00 bits per heavy atom. The van der Waals surface area contributed by atoms with Crippen molar-refractivity contribution in [2.75, 3.05) is 19.7 Å². The van der Waals surface area contributed by atoms with Crippen molar-refractivity contribution in [2.24, 2.45) is 5.41 Å². The average molecular weight is 481 g/mol. The number of hydrogen-bond donors (Lipinski definition) is 1. The Bertz CT molecular complexity index is 1310. The molecule has 7 nitrogen and oxygen atoms in total. The fourth-order valence-corrected chi connectivity index (χ4v) is 5.61. The van der Waals surface area contributed by atoms with Gasteiger partial charge in [0.05, 0.1) is 22.8 Å². The van der Waals surface area contributed by atoms with Crippen LogP contribution in [0.5, 0.6) is 5.75 Å². The number of aromatic nitrogens is 1. The monoisotopic (exact) mass is 480 g/mol. The molecule has 33 heavy (non-hydrogen) atoms. The summed E-state index contributed by atoms with van der Waals surface area (Å²) in [6.45, 7) is 3.69. The van der Waals surface area contributed by atoms with Crippen LogP contribution in [0.25, 0.3) is 21.3 Å². The van der Waals surface area contributed by atoms with Gasteiger partial charge in [-0.25, -0.2) is 0 Å². The summed E-state index contributed by atoms with van der Waals surface area (Å²) in [7, 11) is 0. The van der Waals surface area contributed by atoms with Gasteiger partial charge in [-0.15, -0.1) is 11.3 Å². The number of halogens is 1. The number of imide groups is 1. The number of amides is 2. The van der Waals surface area contributed by atoms with Crippen LogP contribution in [0.15, 0.2) is 30.5 Å². The second-order valence-corrected chi connectivity index (χ2v) is 10.1. The highest BCUT2D eigenvalue weighted by Crippen LogP contribution is 2.42. The fourth-order valence-electron chi connectivity index (χ4n) is 4.20. The van der Waals surface area contributed by atoms with Crippen molar-refractivity contribution >= 4 is 45.0 Å². The number of carbonyl (C=O) groups is 2. The molecule has 2 amide bonds. The van der Waals surface area contributed by atoms with E-state index in [2.05, 4.69) is 16.4 Å². The molecule has 0 spiro atoms. The number of fused-ring (bicyclic) bond motifs is 1. The van der Waals surface area contributed by atoms with Crippen molar-refractivity contribution in [1.29, 1.82) is 5.26 Å². The molecule has 5 rings (SSSR count). The van der Waals surface area contributed by atoms with E-state index in [1.54, 1.807) is 6.20 Å². The van der Waals surface area contributed by atoms with Gasteiger partial charge in [0.1, 0.15) is 17.8 Å². The summed E-state index contributed by atoms with van der Waals surface area (Å²) in [6.07, 6.45) is 2.28. The predicted molar refractivity (Wildman–Crippen MR) is 126 cm³/mol. The smallest absolute Gasteiger partial charge is 0.230 e. The first-order chi connectivity index (χ1) is 15.9. The molecule has 2 aromatic heterocycles. The Kier molecular flexibility index (Phi) is 5.57. The number of likely N-dealkylation sites (tertiary alicyclic amines) is 1. The van der Waals surface area contributed by atoms with Crippen molar-refractivity contribution in [3.63, 3.8) is 0 Å². The van der Waals surface area contributed by atoms with Crippen molar-refractivity contribution in [1.82, 2.24) is 15.2 Å². The number of nitrogens with one attached hydrogen (secondary N) is 1. The van der Waals surface area contributed by atoms with Crippen molar-refractivity contribution in [2.45, 2.75) is 26.3 Å². The summed E-state index contributed by atoms with van der Waals surface area (Å²) in [5.74, 6) is 0.417. The van der Waals surface area contributed by atoms with Crippen LogP contribution in [-0.4, -0.2) is 41.4 Å². The minimum Gasteiger partial charge on any atom is -0.491 e. The number of nitrogens with zero attached hydrogens (tertiary/aromatic N) is 3. The van der Waals surface area contributed by atoms with Gasteiger partial charge in [-0.05, 0) is 36.8 Å². The molecule has 0 saturated carbocycles. The summed E-state index contributed by atoms with van der Waals surface area (Å²) < 4.78 is 7.16. The van der Waals surface area contributed by atoms with E-state index >= 15 is 0 Å². The van der Waals surface area contributed by atoms with E-state index in [1.807, 2.05) is 31.2 Å². The van der Waals surface area contributed by atoms with E-state index in [-0.39, 0.29) is 37.8 Å². The Morgan fingerprint density at radius 1 is 1.24 bits per heavy atom. The predicted octanol–water partition coefficient (Wildman–Crippen LogP) is 4.07. The molecule has 168 valence electrons. The van der Waals surface area contributed by atoms with Crippen molar-refractivity contribution < 1.29 is 14.3 Å². The van der Waals surface area contributed by atoms with E-state index in [9.17, 15) is 14.9 Å². The van der Waals surface area contributed by atoms with Gasteiger partial charge in [0.25, 0.3) is 0 Å². The van der Waals surface area contributed by atoms with Crippen LogP contribution in [0.1, 0.15) is 23.3 Å². The third-order valence-electron chi connectivity index (χ3n) is 6.12. The number of ether oxygens (including phenoxy) is 1. The Morgan fingerprint density at radius 3 is 2.67 bits per heavy atom. The maximum absolute atomic E-state index is 12.1. The molecule has 3 aromatic rings. The molecule has 2 aliphatic rings. The van der Waals surface area contributed by atoms with Gasteiger partial charge in [0.2, 0.25) is 11.8 Å². The third kappa shape index (κ3) is 3.97. The number of aryl methyl sites for hydroxylation is 1. The minimum absolute atomic E-state index is 0.135. The molecule has 0 atom stereocenters. The normalized spacial score (nSPS) is 17.3. The summed E-state index contributed by atoms with van der Waals surface area (Å²) in [6, 6.07) is 9.92. The number of carbonyl (C=O) groups excluding carboxylic acids is 2. The Balaban J connectivity index is 1.53. The van der Waals surface area contributed by atoms with Gasteiger partial charge < -0.3 is 10.1 Å². The number of benzene rings is 1. The van der Waals surface area contributed by atoms with E-state index < -0.39 is 5.41 Å². The first kappa shape index (κ1) is 21.8. The lowest BCUT2D eigenvalue weighted by molar-refractivity contribution is -0.138. The van der Waals surface area contributed by atoms with E-state index in [0.29, 0.717) is 23.9 Å². The number of rotatable bonds is 6. The molecular formula is C24H21ClN4O3S. The summed E-state index contributed by atoms with van der Waals surface area (Å²) in [5.41, 5.74) is 2.88. The van der Waals surface area contributed by atoms with Crippen LogP contribution in [0.2, 0.25) is 5.02 Å². The van der Waals surface area contributed by atoms with E-state index in [0.717, 1.165) is 31.8 Å². The van der Waals surface area contributed by atoms with Gasteiger partial charge in [-0.1, -0.05) is 11.6 Å². The topological polar surface area (TPSA) is 95.3 Å². The van der Waals surface area contributed by atoms with Crippen LogP contribution < -0.4 is 10.1 Å². The SMILES string of the molecule is Cc1cc(Cl)cc(-c2ccnc3cc(CN4C(=O)CCC4=O)sc23)c1OCC1(C#N)CNC1. The molecule has 4 heterocycles. The lowest BCUT2D eigenvalue weighted by atomic mass is 9.84. The second-order valence-electron chi connectivity index (χ2n) is 8.54. The van der Waals surface area contributed by atoms with Crippen LogP contribution in [0.3, 0.4) is 0 Å². The summed E-state index contributed by atoms with van der Waals surface area (Å²) in [4.78, 5) is 30.8. The zero-order chi connectivity index (χ0) is 23.2. The summed E-state index contributed by atoms with van der Waals surface area (Å²) in [5, 5.41) is 13.3. The number of thiophene rings is 1. The maximum Gasteiger partial charge on any atom is 0.230 e. The molecule has 1 N–H and O–H groups in total. The molecule has 0 radical (unpaired) electrons. The molecule has 1 aromatic carbocycles. The van der Waals surface area contributed by atoms with Gasteiger partial charge in [0.15, 0.2) is 0 Å². The quantitative estimate of drug-likeness (QED) is 0.534. The van der Waals surface area contributed by atoms with Gasteiger partial charge in [0, 0.05) is 53.2 Å². The molecule has 0 bridgehead atoms. The molecule has 9 heteroatoms. The molecule has 0 aliphatic carbocycles. The standard InChI is InChI=1S/C24H21ClN4O3S/c1-14-6-15(25)7-18(22(14)32-13-24(10-26)11-27-12-24)17-4-5-28-19-8-16(33-23(17)19)9-29-20(30)2-3-21(29)31/h4-8,27H,2-3,9,11-13H2,1H3. The van der Waals surface area contributed by atoms with Crippen molar-refractivity contribution in [3.8, 4) is 22.9 Å². The lowest BCUT2D eigenvalue weighted by Gasteiger charge is -2.36. The lowest BCUT2D eigenvalue weighted by Crippen LogP contribution is -2.55. The molecule has 0 unspecified atom stereocenters. The minimum atomic E-state index is -0.526. The zero-order valence-electron chi connectivity index (χ0n) is 18.0. The maximum atomic E-state index is 12.1. The molecular weight excluding hydrogens is 460 g/mol. The first-order valence-electron chi connectivity index (χ1n) is 10.6. The number of pyridine rings is 1. The molecule has 2 saturated heterocycles. The number of hydrogen-bond acceptors (Lipinski definition) is 7. The largest absolute Gasteiger partial charge is 0.491 e.